The van der Waals surface area contributed by atoms with E-state index in [1.165, 1.54) is 0 Å². The number of rotatable bonds is 3. The van der Waals surface area contributed by atoms with Crippen LogP contribution >= 0.6 is 0 Å². The van der Waals surface area contributed by atoms with E-state index in [1.54, 1.807) is 0 Å². The molecule has 15 heavy (non-hydrogen) atoms. The van der Waals surface area contributed by atoms with Crippen molar-refractivity contribution in [3.8, 4) is 0 Å². The summed E-state index contributed by atoms with van der Waals surface area (Å²) in [6.07, 6.45) is 3.06. The predicted octanol–water partition coefficient (Wildman–Crippen LogP) is 0.487. The summed E-state index contributed by atoms with van der Waals surface area (Å²) in [4.78, 5) is 15.5. The Hall–Kier alpha value is -0.610. The Morgan fingerprint density at radius 2 is 2.13 bits per heavy atom. The van der Waals surface area contributed by atoms with Crippen LogP contribution in [0.5, 0.6) is 0 Å². The van der Waals surface area contributed by atoms with Gasteiger partial charge in [0.1, 0.15) is 6.04 Å². The van der Waals surface area contributed by atoms with E-state index in [0.29, 0.717) is 5.92 Å². The number of aliphatic carboxylic acids is 1. The topological polar surface area (TPSA) is 43.8 Å². The number of hydrogen-bond acceptors (Lipinski definition) is 3. The molecule has 0 spiro atoms. The SMILES string of the molecule is CN1CC(CN2CCCCC2C(=O)O)C1. The third-order valence-corrected chi connectivity index (χ3v) is 3.53. The van der Waals surface area contributed by atoms with Crippen LogP contribution < -0.4 is 0 Å². The van der Waals surface area contributed by atoms with Gasteiger partial charge < -0.3 is 10.0 Å². The van der Waals surface area contributed by atoms with Crippen LogP contribution in [0.3, 0.4) is 0 Å². The molecular formula is C11H20N2O2. The number of carboxylic acid groups (broad SMARTS) is 1. The first-order chi connectivity index (χ1) is 7.16. The summed E-state index contributed by atoms with van der Waals surface area (Å²) in [5.74, 6) is 0.0531. The highest BCUT2D eigenvalue weighted by Crippen LogP contribution is 2.21. The fourth-order valence-electron chi connectivity index (χ4n) is 2.76. The average Bonchev–Trinajstić information content (AvgIpc) is 2.16. The molecule has 0 aliphatic carbocycles. The molecule has 4 heteroatoms. The van der Waals surface area contributed by atoms with Gasteiger partial charge in [-0.05, 0) is 32.4 Å². The maximum atomic E-state index is 11.1. The van der Waals surface area contributed by atoms with Crippen LogP contribution in [-0.4, -0.2) is 60.1 Å². The highest BCUT2D eigenvalue weighted by Gasteiger charge is 2.32. The number of carbonyl (C=O) groups is 1. The van der Waals surface area contributed by atoms with Gasteiger partial charge in [0.05, 0.1) is 0 Å². The van der Waals surface area contributed by atoms with Crippen molar-refractivity contribution >= 4 is 5.97 Å². The van der Waals surface area contributed by atoms with E-state index in [2.05, 4.69) is 16.8 Å². The van der Waals surface area contributed by atoms with Gasteiger partial charge in [0.15, 0.2) is 0 Å². The zero-order valence-electron chi connectivity index (χ0n) is 9.35. The van der Waals surface area contributed by atoms with Crippen LogP contribution in [-0.2, 0) is 4.79 Å². The van der Waals surface area contributed by atoms with Gasteiger partial charge in [-0.2, -0.15) is 0 Å². The summed E-state index contributed by atoms with van der Waals surface area (Å²) in [7, 11) is 2.11. The van der Waals surface area contributed by atoms with E-state index >= 15 is 0 Å². The van der Waals surface area contributed by atoms with Crippen molar-refractivity contribution in [2.45, 2.75) is 25.3 Å². The van der Waals surface area contributed by atoms with Crippen molar-refractivity contribution in [2.75, 3.05) is 33.2 Å². The first-order valence-electron chi connectivity index (χ1n) is 5.82. The molecule has 0 radical (unpaired) electrons. The Morgan fingerprint density at radius 1 is 1.40 bits per heavy atom. The summed E-state index contributed by atoms with van der Waals surface area (Å²) in [5, 5.41) is 9.11. The second-order valence-electron chi connectivity index (χ2n) is 4.93. The lowest BCUT2D eigenvalue weighted by Crippen LogP contribution is -2.53. The van der Waals surface area contributed by atoms with Crippen LogP contribution in [0.25, 0.3) is 0 Å². The maximum Gasteiger partial charge on any atom is 0.320 e. The molecule has 2 rings (SSSR count). The minimum Gasteiger partial charge on any atom is -0.480 e. The Kier molecular flexibility index (Phi) is 3.26. The highest BCUT2D eigenvalue weighted by atomic mass is 16.4. The van der Waals surface area contributed by atoms with E-state index in [-0.39, 0.29) is 6.04 Å². The maximum absolute atomic E-state index is 11.1. The second kappa shape index (κ2) is 4.49. The first-order valence-corrected chi connectivity index (χ1v) is 5.82. The van der Waals surface area contributed by atoms with Gasteiger partial charge in [0.25, 0.3) is 0 Å². The molecule has 0 aromatic carbocycles. The van der Waals surface area contributed by atoms with Gasteiger partial charge in [-0.1, -0.05) is 6.42 Å². The van der Waals surface area contributed by atoms with Gasteiger partial charge in [-0.3, -0.25) is 9.69 Å². The quantitative estimate of drug-likeness (QED) is 0.739. The molecule has 1 atom stereocenters. The van der Waals surface area contributed by atoms with Crippen molar-refractivity contribution < 1.29 is 9.90 Å². The molecule has 2 fully saturated rings. The van der Waals surface area contributed by atoms with Crippen molar-refractivity contribution in [2.24, 2.45) is 5.92 Å². The Bertz CT molecular complexity index is 239. The van der Waals surface area contributed by atoms with Crippen molar-refractivity contribution in [1.29, 1.82) is 0 Å². The molecule has 2 aliphatic heterocycles. The lowest BCUT2D eigenvalue weighted by Gasteiger charge is -2.42. The normalized spacial score (nSPS) is 30.1. The van der Waals surface area contributed by atoms with Crippen molar-refractivity contribution in [3.05, 3.63) is 0 Å². The van der Waals surface area contributed by atoms with Crippen molar-refractivity contribution in [3.63, 3.8) is 0 Å². The lowest BCUT2D eigenvalue weighted by atomic mass is 9.96. The lowest BCUT2D eigenvalue weighted by molar-refractivity contribution is -0.145. The molecule has 0 aromatic rings. The van der Waals surface area contributed by atoms with E-state index in [4.69, 9.17) is 5.11 Å². The zero-order chi connectivity index (χ0) is 10.8. The van der Waals surface area contributed by atoms with Gasteiger partial charge in [0.2, 0.25) is 0 Å². The Balaban J connectivity index is 1.85. The standard InChI is InChI=1S/C11H20N2O2/c1-12-6-9(7-12)8-13-5-3-2-4-10(13)11(14)15/h9-10H,2-8H2,1H3,(H,14,15). The van der Waals surface area contributed by atoms with E-state index in [0.717, 1.165) is 45.4 Å². The fourth-order valence-corrected chi connectivity index (χ4v) is 2.76. The summed E-state index contributed by atoms with van der Waals surface area (Å²) >= 11 is 0. The number of hydrogen-bond donors (Lipinski definition) is 1. The molecule has 0 bridgehead atoms. The average molecular weight is 212 g/mol. The van der Waals surface area contributed by atoms with Crippen LogP contribution in [0.1, 0.15) is 19.3 Å². The molecule has 1 unspecified atom stereocenters. The molecule has 2 aliphatic rings. The number of likely N-dealkylation sites (tertiary alicyclic amines) is 2. The Labute approximate surface area is 90.9 Å². The van der Waals surface area contributed by atoms with Crippen LogP contribution in [0, 0.1) is 5.92 Å². The molecule has 2 heterocycles. The van der Waals surface area contributed by atoms with Crippen LogP contribution in [0.4, 0.5) is 0 Å². The molecular weight excluding hydrogens is 192 g/mol. The van der Waals surface area contributed by atoms with Gasteiger partial charge in [-0.25, -0.2) is 0 Å². The smallest absolute Gasteiger partial charge is 0.320 e. The minimum absolute atomic E-state index is 0.218. The summed E-state index contributed by atoms with van der Waals surface area (Å²) < 4.78 is 0. The predicted molar refractivity (Wildman–Crippen MR) is 57.8 cm³/mol. The molecule has 86 valence electrons. The van der Waals surface area contributed by atoms with E-state index in [1.807, 2.05) is 0 Å². The molecule has 0 amide bonds. The number of carboxylic acids is 1. The summed E-state index contributed by atoms with van der Waals surface area (Å²) in [6.45, 7) is 4.20. The molecule has 1 N–H and O–H groups in total. The van der Waals surface area contributed by atoms with Crippen molar-refractivity contribution in [1.82, 2.24) is 9.80 Å². The van der Waals surface area contributed by atoms with E-state index in [9.17, 15) is 4.79 Å². The first kappa shape index (κ1) is 10.9. The molecule has 0 aromatic heterocycles. The highest BCUT2D eigenvalue weighted by molar-refractivity contribution is 5.73. The fraction of sp³-hybridized carbons (Fsp3) is 0.909. The number of nitrogens with zero attached hydrogens (tertiary/aromatic N) is 2. The minimum atomic E-state index is -0.637. The van der Waals surface area contributed by atoms with Gasteiger partial charge >= 0.3 is 5.97 Å². The molecule has 4 nitrogen and oxygen atoms in total. The molecule has 2 saturated heterocycles. The second-order valence-corrected chi connectivity index (χ2v) is 4.93. The third-order valence-electron chi connectivity index (χ3n) is 3.53. The summed E-state index contributed by atoms with van der Waals surface area (Å²) in [6, 6.07) is -0.218. The monoisotopic (exact) mass is 212 g/mol. The zero-order valence-corrected chi connectivity index (χ0v) is 9.35. The molecule has 0 saturated carbocycles. The summed E-state index contributed by atoms with van der Waals surface area (Å²) in [5.41, 5.74) is 0. The Morgan fingerprint density at radius 3 is 2.73 bits per heavy atom. The third kappa shape index (κ3) is 2.49. The van der Waals surface area contributed by atoms with Crippen LogP contribution in [0.2, 0.25) is 0 Å². The largest absolute Gasteiger partial charge is 0.480 e. The van der Waals surface area contributed by atoms with E-state index < -0.39 is 5.97 Å². The van der Waals surface area contributed by atoms with Gasteiger partial charge in [-0.15, -0.1) is 0 Å². The number of piperidine rings is 1. The van der Waals surface area contributed by atoms with Gasteiger partial charge in [0, 0.05) is 19.6 Å². The van der Waals surface area contributed by atoms with Crippen LogP contribution in [0.15, 0.2) is 0 Å².